The number of benzene rings is 3. The molecule has 0 aliphatic carbocycles. The number of carbonyl (C=O) groups is 2. The monoisotopic (exact) mass is 645 g/mol. The van der Waals surface area contributed by atoms with E-state index in [4.69, 9.17) is 16.3 Å². The molecule has 0 spiro atoms. The van der Waals surface area contributed by atoms with Crippen molar-refractivity contribution in [2.24, 2.45) is 0 Å². The average Bonchev–Trinajstić information content (AvgIpc) is 3.77. The largest absolute Gasteiger partial charge is 0.507 e. The Balaban J connectivity index is 1.27. The van der Waals surface area contributed by atoms with Crippen molar-refractivity contribution in [1.29, 1.82) is 0 Å². The molecule has 6 rings (SSSR count). The maximum absolute atomic E-state index is 13.4. The zero-order chi connectivity index (χ0) is 29.9. The summed E-state index contributed by atoms with van der Waals surface area (Å²) >= 11 is 10.3. The van der Waals surface area contributed by atoms with E-state index in [0.29, 0.717) is 33.0 Å². The number of carbonyl (C=O) groups excluding carboxylic acids is 2. The number of ketones is 1. The smallest absolute Gasteiger partial charge is 0.301 e. The molecule has 1 unspecified atom stereocenters. The Morgan fingerprint density at radius 2 is 1.72 bits per heavy atom. The molecular weight excluding hydrogens is 622 g/mol. The van der Waals surface area contributed by atoms with Crippen LogP contribution >= 0.6 is 46.0 Å². The number of ether oxygens (including phenoxy) is 1. The van der Waals surface area contributed by atoms with Crippen molar-refractivity contribution >= 4 is 68.6 Å². The molecule has 43 heavy (non-hydrogen) atoms. The molecule has 1 aliphatic heterocycles. The van der Waals surface area contributed by atoms with Crippen molar-refractivity contribution in [2.75, 3.05) is 4.90 Å². The second-order valence-corrected chi connectivity index (χ2v) is 13.2. The summed E-state index contributed by atoms with van der Waals surface area (Å²) in [5.74, 6) is -0.618. The van der Waals surface area contributed by atoms with E-state index in [2.05, 4.69) is 10.2 Å². The topological polar surface area (TPSA) is 92.6 Å². The number of thiophene rings is 1. The van der Waals surface area contributed by atoms with Gasteiger partial charge in [0.1, 0.15) is 24.2 Å². The van der Waals surface area contributed by atoms with Gasteiger partial charge >= 0.3 is 5.91 Å². The van der Waals surface area contributed by atoms with Gasteiger partial charge in [-0.15, -0.1) is 21.5 Å². The lowest BCUT2D eigenvalue weighted by molar-refractivity contribution is -0.132. The van der Waals surface area contributed by atoms with E-state index in [9.17, 15) is 14.7 Å². The molecular formula is C32H24ClN3O4S3. The normalized spacial score (nSPS) is 16.1. The van der Waals surface area contributed by atoms with Gasteiger partial charge in [0.05, 0.1) is 5.57 Å². The summed E-state index contributed by atoms with van der Waals surface area (Å²) < 4.78 is 6.56. The SMILES string of the molecule is Cc1ccccc1COc1ccc(C(O)=C2C(=O)C(=O)N(c3nnc(SCc4ccccc4Cl)s3)C2c2cccs2)cc1. The molecule has 3 aromatic carbocycles. The molecule has 1 aliphatic rings. The van der Waals surface area contributed by atoms with Gasteiger partial charge in [-0.2, -0.15) is 0 Å². The molecule has 11 heteroatoms. The van der Waals surface area contributed by atoms with E-state index in [-0.39, 0.29) is 16.5 Å². The van der Waals surface area contributed by atoms with E-state index in [1.54, 1.807) is 24.3 Å². The number of Topliss-reactive ketones (excluding diaryl/α,β-unsaturated/α-hetero) is 1. The fourth-order valence-electron chi connectivity index (χ4n) is 4.66. The first kappa shape index (κ1) is 29.1. The number of aryl methyl sites for hydroxylation is 1. The third-order valence-electron chi connectivity index (χ3n) is 6.95. The highest BCUT2D eigenvalue weighted by atomic mass is 35.5. The van der Waals surface area contributed by atoms with Gasteiger partial charge in [-0.1, -0.05) is 83.2 Å². The van der Waals surface area contributed by atoms with Gasteiger partial charge in [0.25, 0.3) is 5.78 Å². The van der Waals surface area contributed by atoms with Crippen molar-refractivity contribution < 1.29 is 19.4 Å². The molecule has 1 amide bonds. The molecule has 0 bridgehead atoms. The number of hydrogen-bond donors (Lipinski definition) is 1. The number of aliphatic hydroxyl groups excluding tert-OH is 1. The molecule has 216 valence electrons. The van der Waals surface area contributed by atoms with E-state index in [1.165, 1.54) is 39.3 Å². The van der Waals surface area contributed by atoms with Crippen molar-refractivity contribution in [3.63, 3.8) is 0 Å². The highest BCUT2D eigenvalue weighted by Gasteiger charge is 2.48. The van der Waals surface area contributed by atoms with Gasteiger partial charge in [-0.3, -0.25) is 14.5 Å². The first-order valence-electron chi connectivity index (χ1n) is 13.2. The van der Waals surface area contributed by atoms with Gasteiger partial charge in [-0.05, 0) is 65.4 Å². The standard InChI is InChI=1S/C32H24ClN3O4S3/c1-19-7-2-3-8-21(19)17-40-23-14-12-20(13-15-23)28(37)26-27(25-11-6-16-41-25)36(30(39)29(26)38)31-34-35-32(43-31)42-18-22-9-4-5-10-24(22)33/h2-16,27,37H,17-18H2,1H3. The average molecular weight is 646 g/mol. The predicted molar refractivity (Wildman–Crippen MR) is 172 cm³/mol. The fourth-order valence-corrected chi connectivity index (χ4v) is 7.63. The Labute approximate surface area is 265 Å². The number of amides is 1. The number of thioether (sulfide) groups is 1. The molecule has 7 nitrogen and oxygen atoms in total. The van der Waals surface area contributed by atoms with Gasteiger partial charge in [-0.25, -0.2) is 0 Å². The molecule has 0 saturated carbocycles. The van der Waals surface area contributed by atoms with Crippen molar-refractivity contribution in [1.82, 2.24) is 10.2 Å². The van der Waals surface area contributed by atoms with E-state index in [0.717, 1.165) is 21.6 Å². The third-order valence-corrected chi connectivity index (χ3v) is 10.3. The fraction of sp³-hybridized carbons (Fsp3) is 0.125. The Hall–Kier alpha value is -3.96. The Morgan fingerprint density at radius 3 is 2.44 bits per heavy atom. The van der Waals surface area contributed by atoms with Crippen LogP contribution in [0.3, 0.4) is 0 Å². The quantitative estimate of drug-likeness (QED) is 0.0570. The van der Waals surface area contributed by atoms with Crippen molar-refractivity contribution in [2.45, 2.75) is 29.7 Å². The highest BCUT2D eigenvalue weighted by molar-refractivity contribution is 8.00. The summed E-state index contributed by atoms with van der Waals surface area (Å²) in [6.07, 6.45) is 0. The zero-order valence-corrected chi connectivity index (χ0v) is 26.0. The maximum atomic E-state index is 13.4. The number of rotatable bonds is 9. The second-order valence-electron chi connectivity index (χ2n) is 9.65. The van der Waals surface area contributed by atoms with Crippen molar-refractivity contribution in [3.8, 4) is 5.75 Å². The molecule has 1 saturated heterocycles. The molecule has 3 heterocycles. The van der Waals surface area contributed by atoms with Crippen LogP contribution in [0.4, 0.5) is 5.13 Å². The van der Waals surface area contributed by atoms with Gasteiger partial charge in [0.2, 0.25) is 5.13 Å². The van der Waals surface area contributed by atoms with E-state index >= 15 is 0 Å². The van der Waals surface area contributed by atoms with Crippen LogP contribution in [-0.2, 0) is 21.9 Å². The maximum Gasteiger partial charge on any atom is 0.301 e. The van der Waals surface area contributed by atoms with Crippen LogP contribution in [0.5, 0.6) is 5.75 Å². The summed E-state index contributed by atoms with van der Waals surface area (Å²) in [7, 11) is 0. The zero-order valence-electron chi connectivity index (χ0n) is 22.8. The third kappa shape index (κ3) is 6.09. The van der Waals surface area contributed by atoms with Crippen LogP contribution in [0.2, 0.25) is 5.02 Å². The van der Waals surface area contributed by atoms with Crippen molar-refractivity contribution in [3.05, 3.63) is 128 Å². The number of nitrogens with zero attached hydrogens (tertiary/aromatic N) is 3. The molecule has 5 aromatic rings. The lowest BCUT2D eigenvalue weighted by atomic mass is 10.00. The Morgan fingerprint density at radius 1 is 0.977 bits per heavy atom. The Bertz CT molecular complexity index is 1820. The number of halogens is 1. The summed E-state index contributed by atoms with van der Waals surface area (Å²) in [4.78, 5) is 28.9. The van der Waals surface area contributed by atoms with Crippen LogP contribution in [-0.4, -0.2) is 27.0 Å². The number of hydrogen-bond acceptors (Lipinski definition) is 9. The molecule has 2 aromatic heterocycles. The molecule has 1 fully saturated rings. The number of aliphatic hydroxyl groups is 1. The number of anilines is 1. The minimum absolute atomic E-state index is 0.00139. The highest BCUT2D eigenvalue weighted by Crippen LogP contribution is 2.45. The van der Waals surface area contributed by atoms with Gasteiger partial charge in [0, 0.05) is 21.2 Å². The molecule has 1 N–H and O–H groups in total. The van der Waals surface area contributed by atoms with Crippen LogP contribution in [0.15, 0.2) is 100 Å². The predicted octanol–water partition coefficient (Wildman–Crippen LogP) is 8.06. The van der Waals surface area contributed by atoms with Crippen LogP contribution in [0, 0.1) is 6.92 Å². The first-order chi connectivity index (χ1) is 20.9. The van der Waals surface area contributed by atoms with E-state index < -0.39 is 17.7 Å². The summed E-state index contributed by atoms with van der Waals surface area (Å²) in [5.41, 5.74) is 3.57. The number of aromatic nitrogens is 2. The lowest BCUT2D eigenvalue weighted by Crippen LogP contribution is -2.29. The minimum atomic E-state index is -0.841. The van der Waals surface area contributed by atoms with Crippen LogP contribution in [0.1, 0.15) is 33.2 Å². The van der Waals surface area contributed by atoms with E-state index in [1.807, 2.05) is 73.0 Å². The molecule has 1 atom stereocenters. The minimum Gasteiger partial charge on any atom is -0.507 e. The summed E-state index contributed by atoms with van der Waals surface area (Å²) in [6, 6.07) is 25.2. The summed E-state index contributed by atoms with van der Waals surface area (Å²) in [5, 5.41) is 22.7. The lowest BCUT2D eigenvalue weighted by Gasteiger charge is -2.20. The first-order valence-corrected chi connectivity index (χ1v) is 16.3. The molecule has 0 radical (unpaired) electrons. The van der Waals surface area contributed by atoms with Gasteiger partial charge in [0.15, 0.2) is 4.34 Å². The Kier molecular flexibility index (Phi) is 8.62. The van der Waals surface area contributed by atoms with Crippen LogP contribution in [0.25, 0.3) is 5.76 Å². The van der Waals surface area contributed by atoms with Crippen LogP contribution < -0.4 is 9.64 Å². The van der Waals surface area contributed by atoms with Gasteiger partial charge < -0.3 is 9.84 Å². The summed E-state index contributed by atoms with van der Waals surface area (Å²) in [6.45, 7) is 2.43. The second kappa shape index (κ2) is 12.7.